The van der Waals surface area contributed by atoms with Gasteiger partial charge in [0.25, 0.3) is 5.91 Å². The Labute approximate surface area is 185 Å². The minimum Gasteiger partial charge on any atom is -0.504 e. The van der Waals surface area contributed by atoms with Crippen molar-refractivity contribution >= 4 is 23.5 Å². The monoisotopic (exact) mass is 427 g/mol. The molecule has 3 aromatic carbocycles. The second-order valence-electron chi connectivity index (χ2n) is 7.22. The fourth-order valence-corrected chi connectivity index (χ4v) is 3.72. The number of aromatic hydroxyl groups is 1. The van der Waals surface area contributed by atoms with Crippen LogP contribution in [0.3, 0.4) is 0 Å². The molecule has 2 N–H and O–H groups in total. The molecule has 1 heterocycles. The van der Waals surface area contributed by atoms with Gasteiger partial charge in [-0.15, -0.1) is 0 Å². The molecule has 0 saturated carbocycles. The Bertz CT molecular complexity index is 1220. The smallest absolute Gasteiger partial charge is 0.294 e. The van der Waals surface area contributed by atoms with Gasteiger partial charge in [-0.05, 0) is 41.5 Å². The van der Waals surface area contributed by atoms with Crippen molar-refractivity contribution in [2.45, 2.75) is 6.04 Å². The molecule has 1 aliphatic heterocycles. The van der Waals surface area contributed by atoms with Crippen molar-refractivity contribution in [3.05, 3.63) is 107 Å². The van der Waals surface area contributed by atoms with Gasteiger partial charge in [-0.25, -0.2) is 0 Å². The number of para-hydroxylation sites is 1. The average molecular weight is 427 g/mol. The van der Waals surface area contributed by atoms with Crippen LogP contribution >= 0.6 is 0 Å². The van der Waals surface area contributed by atoms with Crippen molar-refractivity contribution < 1.29 is 24.5 Å². The molecule has 1 amide bonds. The number of aliphatic hydroxyl groups excluding tert-OH is 1. The number of anilines is 1. The van der Waals surface area contributed by atoms with Crippen LogP contribution in [0.5, 0.6) is 11.5 Å². The highest BCUT2D eigenvalue weighted by molar-refractivity contribution is 6.19. The Kier molecular flexibility index (Phi) is 5.77. The first-order chi connectivity index (χ1) is 15.5. The van der Waals surface area contributed by atoms with Crippen LogP contribution in [0.4, 0.5) is 5.69 Å². The molecule has 0 aromatic heterocycles. The number of hydrogen-bond donors (Lipinski definition) is 2. The van der Waals surface area contributed by atoms with Gasteiger partial charge >= 0.3 is 0 Å². The minimum absolute atomic E-state index is 0.0428. The zero-order valence-corrected chi connectivity index (χ0v) is 17.3. The molecular formula is C26H21NO5. The summed E-state index contributed by atoms with van der Waals surface area (Å²) >= 11 is 0. The summed E-state index contributed by atoms with van der Waals surface area (Å²) in [5, 5.41) is 20.7. The van der Waals surface area contributed by atoms with E-state index in [1.807, 2.05) is 36.4 Å². The molecule has 0 radical (unpaired) electrons. The lowest BCUT2D eigenvalue weighted by atomic mass is 9.95. The van der Waals surface area contributed by atoms with Crippen molar-refractivity contribution in [1.82, 2.24) is 0 Å². The number of aliphatic hydroxyl groups is 1. The molecule has 160 valence electrons. The number of allylic oxidation sites excluding steroid dienone is 1. The topological polar surface area (TPSA) is 87.1 Å². The Morgan fingerprint density at radius 3 is 2.28 bits per heavy atom. The minimum atomic E-state index is -0.896. The van der Waals surface area contributed by atoms with Gasteiger partial charge < -0.3 is 14.9 Å². The quantitative estimate of drug-likeness (QED) is 0.562. The summed E-state index contributed by atoms with van der Waals surface area (Å²) in [5.74, 6) is -1.65. The molecule has 0 unspecified atom stereocenters. The molecule has 1 atom stereocenters. The van der Waals surface area contributed by atoms with E-state index >= 15 is 0 Å². The van der Waals surface area contributed by atoms with Crippen molar-refractivity contribution in [2.75, 3.05) is 12.0 Å². The van der Waals surface area contributed by atoms with Crippen LogP contribution in [0.2, 0.25) is 0 Å². The van der Waals surface area contributed by atoms with Crippen LogP contribution in [0, 0.1) is 0 Å². The van der Waals surface area contributed by atoms with Gasteiger partial charge in [0.2, 0.25) is 0 Å². The van der Waals surface area contributed by atoms with Crippen LogP contribution < -0.4 is 9.64 Å². The molecule has 3 aromatic rings. The number of benzene rings is 3. The molecule has 1 aliphatic rings. The van der Waals surface area contributed by atoms with Crippen LogP contribution in [-0.2, 0) is 9.59 Å². The number of amides is 1. The van der Waals surface area contributed by atoms with Gasteiger partial charge in [0.1, 0.15) is 0 Å². The van der Waals surface area contributed by atoms with Gasteiger partial charge in [-0.1, -0.05) is 60.7 Å². The van der Waals surface area contributed by atoms with E-state index in [1.165, 1.54) is 24.2 Å². The maximum atomic E-state index is 13.2. The Morgan fingerprint density at radius 1 is 0.969 bits per heavy atom. The standard InChI is InChI=1S/C26H21NO5/c1-32-22-16-18(13-15-20(22)28)24-23(21(29)14-12-17-8-4-2-5-9-17)25(30)26(31)27(24)19-10-6-3-7-11-19/h2-16,24,28,30H,1H3/b14-12+/t24-/m0/s1. The Hall–Kier alpha value is -4.32. The predicted octanol–water partition coefficient (Wildman–Crippen LogP) is 4.58. The molecule has 6 nitrogen and oxygen atoms in total. The first-order valence-corrected chi connectivity index (χ1v) is 9.97. The van der Waals surface area contributed by atoms with Crippen molar-refractivity contribution in [1.29, 1.82) is 0 Å². The van der Waals surface area contributed by atoms with Crippen molar-refractivity contribution in [3.63, 3.8) is 0 Å². The maximum absolute atomic E-state index is 13.2. The van der Waals surface area contributed by atoms with Crippen LogP contribution in [0.25, 0.3) is 6.08 Å². The van der Waals surface area contributed by atoms with E-state index in [1.54, 1.807) is 42.5 Å². The molecule has 0 spiro atoms. The van der Waals surface area contributed by atoms with E-state index in [4.69, 9.17) is 4.74 Å². The van der Waals surface area contributed by atoms with Gasteiger partial charge in [0.05, 0.1) is 18.7 Å². The number of phenolic OH excluding ortho intramolecular Hbond substituents is 1. The lowest BCUT2D eigenvalue weighted by Gasteiger charge is -2.27. The van der Waals surface area contributed by atoms with Gasteiger partial charge in [-0.2, -0.15) is 0 Å². The Balaban J connectivity index is 1.81. The molecule has 4 rings (SSSR count). The third-order valence-electron chi connectivity index (χ3n) is 5.25. The number of carbonyl (C=O) groups is 2. The van der Waals surface area contributed by atoms with Gasteiger partial charge in [0.15, 0.2) is 23.0 Å². The molecule has 0 bridgehead atoms. The SMILES string of the molecule is COc1cc([C@H]2C(C(=O)/C=C/c3ccccc3)=C(O)C(=O)N2c2ccccc2)ccc1O. The highest BCUT2D eigenvalue weighted by Crippen LogP contribution is 2.43. The van der Waals surface area contributed by atoms with Gasteiger partial charge in [-0.3, -0.25) is 14.5 Å². The number of phenols is 1. The normalized spacial score (nSPS) is 16.1. The maximum Gasteiger partial charge on any atom is 0.294 e. The van der Waals surface area contributed by atoms with Crippen LogP contribution in [0.1, 0.15) is 17.2 Å². The number of hydrogen-bond acceptors (Lipinski definition) is 5. The zero-order valence-electron chi connectivity index (χ0n) is 17.3. The summed E-state index contributed by atoms with van der Waals surface area (Å²) in [6.45, 7) is 0. The van der Waals surface area contributed by atoms with E-state index in [-0.39, 0.29) is 17.1 Å². The Morgan fingerprint density at radius 2 is 1.62 bits per heavy atom. The van der Waals surface area contributed by atoms with Crippen LogP contribution in [0.15, 0.2) is 96.3 Å². The molecule has 0 saturated heterocycles. The zero-order chi connectivity index (χ0) is 22.7. The second kappa shape index (κ2) is 8.81. The molecular weight excluding hydrogens is 406 g/mol. The highest BCUT2D eigenvalue weighted by Gasteiger charge is 2.44. The molecule has 0 fully saturated rings. The number of ether oxygens (including phenoxy) is 1. The van der Waals surface area contributed by atoms with Crippen molar-refractivity contribution in [3.8, 4) is 11.5 Å². The number of rotatable bonds is 6. The van der Waals surface area contributed by atoms with E-state index in [0.717, 1.165) is 5.56 Å². The summed E-state index contributed by atoms with van der Waals surface area (Å²) in [4.78, 5) is 27.6. The lowest BCUT2D eigenvalue weighted by molar-refractivity contribution is -0.117. The number of nitrogens with zero attached hydrogens (tertiary/aromatic N) is 1. The van der Waals surface area contributed by atoms with E-state index in [9.17, 15) is 19.8 Å². The largest absolute Gasteiger partial charge is 0.504 e. The first-order valence-electron chi connectivity index (χ1n) is 9.97. The highest BCUT2D eigenvalue weighted by atomic mass is 16.5. The molecule has 32 heavy (non-hydrogen) atoms. The van der Waals surface area contributed by atoms with Crippen molar-refractivity contribution in [2.24, 2.45) is 0 Å². The summed E-state index contributed by atoms with van der Waals surface area (Å²) < 4.78 is 5.21. The summed E-state index contributed by atoms with van der Waals surface area (Å²) in [6.07, 6.45) is 2.97. The summed E-state index contributed by atoms with van der Waals surface area (Å²) in [6, 6.07) is 21.7. The third-order valence-corrected chi connectivity index (χ3v) is 5.25. The average Bonchev–Trinajstić information content (AvgIpc) is 3.09. The third kappa shape index (κ3) is 3.86. The van der Waals surface area contributed by atoms with E-state index in [0.29, 0.717) is 11.3 Å². The van der Waals surface area contributed by atoms with Crippen LogP contribution in [-0.4, -0.2) is 29.0 Å². The lowest BCUT2D eigenvalue weighted by Crippen LogP contribution is -2.30. The van der Waals surface area contributed by atoms with E-state index in [2.05, 4.69) is 0 Å². The number of ketones is 1. The molecule has 6 heteroatoms. The first kappa shape index (κ1) is 20.9. The fraction of sp³-hybridized carbons (Fsp3) is 0.0769. The van der Waals surface area contributed by atoms with E-state index < -0.39 is 23.5 Å². The second-order valence-corrected chi connectivity index (χ2v) is 7.22. The van der Waals surface area contributed by atoms with Gasteiger partial charge in [0, 0.05) is 5.69 Å². The predicted molar refractivity (Wildman–Crippen MR) is 121 cm³/mol. The summed E-state index contributed by atoms with van der Waals surface area (Å²) in [5.41, 5.74) is 1.81. The fourth-order valence-electron chi connectivity index (χ4n) is 3.72. The summed E-state index contributed by atoms with van der Waals surface area (Å²) in [7, 11) is 1.41. The number of methoxy groups -OCH3 is 1. The molecule has 0 aliphatic carbocycles. The number of carbonyl (C=O) groups excluding carboxylic acids is 2.